The Bertz CT molecular complexity index is 687. The van der Waals surface area contributed by atoms with Gasteiger partial charge in [-0.3, -0.25) is 9.78 Å². The van der Waals surface area contributed by atoms with Crippen LogP contribution in [0, 0.1) is 11.8 Å². The van der Waals surface area contributed by atoms with Crippen LogP contribution in [0.5, 0.6) is 0 Å². The maximum Gasteiger partial charge on any atom is 0.227 e. The van der Waals surface area contributed by atoms with Gasteiger partial charge in [0.25, 0.3) is 0 Å². The lowest BCUT2D eigenvalue weighted by atomic mass is 10.0. The Morgan fingerprint density at radius 3 is 2.50 bits per heavy atom. The van der Waals surface area contributed by atoms with Crippen molar-refractivity contribution in [2.45, 2.75) is 24.6 Å². The third kappa shape index (κ3) is 2.32. The van der Waals surface area contributed by atoms with E-state index < -0.39 is 10.0 Å². The lowest BCUT2D eigenvalue weighted by Crippen LogP contribution is -2.36. The molecule has 2 aliphatic heterocycles. The van der Waals surface area contributed by atoms with E-state index in [9.17, 15) is 13.2 Å². The molecule has 2 saturated heterocycles. The van der Waals surface area contributed by atoms with E-state index in [1.54, 1.807) is 16.7 Å². The van der Waals surface area contributed by atoms with E-state index in [-0.39, 0.29) is 23.0 Å². The molecule has 7 heteroatoms. The van der Waals surface area contributed by atoms with Crippen molar-refractivity contribution in [3.05, 3.63) is 30.1 Å². The molecule has 0 radical (unpaired) electrons. The van der Waals surface area contributed by atoms with E-state index in [2.05, 4.69) is 4.98 Å². The van der Waals surface area contributed by atoms with Crippen LogP contribution in [0.25, 0.3) is 0 Å². The molecule has 1 saturated carbocycles. The molecule has 0 unspecified atom stereocenters. The topological polar surface area (TPSA) is 70.6 Å². The lowest BCUT2D eigenvalue weighted by Gasteiger charge is -2.21. The maximum absolute atomic E-state index is 12.5. The summed E-state index contributed by atoms with van der Waals surface area (Å²) in [6.45, 7) is 2.11. The number of fused-ring (bicyclic) bond motifs is 1. The third-order valence-electron chi connectivity index (χ3n) is 4.92. The van der Waals surface area contributed by atoms with Crippen molar-refractivity contribution in [2.75, 3.05) is 19.6 Å². The van der Waals surface area contributed by atoms with E-state index in [0.717, 1.165) is 18.4 Å². The van der Waals surface area contributed by atoms with Gasteiger partial charge in [0, 0.05) is 44.5 Å². The van der Waals surface area contributed by atoms with E-state index in [1.165, 1.54) is 0 Å². The smallest absolute Gasteiger partial charge is 0.227 e. The molecule has 1 aliphatic carbocycles. The predicted octanol–water partition coefficient (Wildman–Crippen LogP) is 0.464. The molecular weight excluding hydrogens is 302 g/mol. The van der Waals surface area contributed by atoms with Crippen LogP contribution in [-0.2, 0) is 21.4 Å². The molecule has 0 spiro atoms. The average molecular weight is 321 g/mol. The molecule has 3 fully saturated rings. The first-order valence-electron chi connectivity index (χ1n) is 7.72. The quantitative estimate of drug-likeness (QED) is 0.808. The van der Waals surface area contributed by atoms with Crippen molar-refractivity contribution in [3.8, 4) is 0 Å². The van der Waals surface area contributed by atoms with Crippen LogP contribution in [0.4, 0.5) is 0 Å². The summed E-state index contributed by atoms with van der Waals surface area (Å²) in [5, 5.41) is -0.186. The number of hydrogen-bond donors (Lipinski definition) is 0. The molecule has 1 aromatic heterocycles. The van der Waals surface area contributed by atoms with Crippen LogP contribution >= 0.6 is 0 Å². The molecule has 0 aromatic carbocycles. The number of amides is 1. The molecule has 22 heavy (non-hydrogen) atoms. The molecule has 1 amide bonds. The highest BCUT2D eigenvalue weighted by Gasteiger charge is 2.51. The summed E-state index contributed by atoms with van der Waals surface area (Å²) >= 11 is 0. The van der Waals surface area contributed by atoms with Gasteiger partial charge < -0.3 is 4.90 Å². The average Bonchev–Trinajstić information content (AvgIpc) is 3.22. The van der Waals surface area contributed by atoms with Crippen molar-refractivity contribution in [2.24, 2.45) is 11.8 Å². The zero-order valence-electron chi connectivity index (χ0n) is 12.3. The van der Waals surface area contributed by atoms with E-state index in [4.69, 9.17) is 0 Å². The first-order valence-corrected chi connectivity index (χ1v) is 9.22. The second-order valence-corrected chi connectivity index (χ2v) is 8.72. The van der Waals surface area contributed by atoms with E-state index in [0.29, 0.717) is 26.2 Å². The summed E-state index contributed by atoms with van der Waals surface area (Å²) in [5.41, 5.74) is 1.06. The number of carbonyl (C=O) groups excluding carboxylic acids is 1. The Balaban J connectivity index is 1.44. The minimum absolute atomic E-state index is 0.0929. The zero-order valence-corrected chi connectivity index (χ0v) is 13.1. The fourth-order valence-corrected chi connectivity index (χ4v) is 5.46. The van der Waals surface area contributed by atoms with E-state index in [1.807, 2.05) is 17.0 Å². The Hall–Kier alpha value is -1.47. The van der Waals surface area contributed by atoms with Gasteiger partial charge in [-0.1, -0.05) is 0 Å². The van der Waals surface area contributed by atoms with Crippen molar-refractivity contribution >= 4 is 15.9 Å². The normalized spacial score (nSPS) is 29.1. The van der Waals surface area contributed by atoms with Gasteiger partial charge in [-0.2, -0.15) is 0 Å². The highest BCUT2D eigenvalue weighted by atomic mass is 32.2. The number of likely N-dealkylation sites (tertiary alicyclic amines) is 1. The van der Waals surface area contributed by atoms with Gasteiger partial charge in [0.2, 0.25) is 15.9 Å². The Labute approximate surface area is 130 Å². The van der Waals surface area contributed by atoms with Crippen molar-refractivity contribution in [1.29, 1.82) is 0 Å². The van der Waals surface area contributed by atoms with Gasteiger partial charge >= 0.3 is 0 Å². The fraction of sp³-hybridized carbons (Fsp3) is 0.600. The fourth-order valence-electron chi connectivity index (χ4n) is 3.54. The molecule has 4 rings (SSSR count). The van der Waals surface area contributed by atoms with Gasteiger partial charge in [0.15, 0.2) is 0 Å². The van der Waals surface area contributed by atoms with Crippen LogP contribution < -0.4 is 0 Å². The summed E-state index contributed by atoms with van der Waals surface area (Å²) in [4.78, 5) is 18.4. The third-order valence-corrected chi connectivity index (χ3v) is 7.25. The summed E-state index contributed by atoms with van der Waals surface area (Å²) in [6.07, 6.45) is 4.99. The SMILES string of the molecule is O=C1[C@@H]2CN(S(=O)(=O)C3CC3)C[C@@H]2CN1Cc1ccncc1. The first kappa shape index (κ1) is 14.1. The number of rotatable bonds is 4. The van der Waals surface area contributed by atoms with Crippen molar-refractivity contribution in [3.63, 3.8) is 0 Å². The number of hydrogen-bond acceptors (Lipinski definition) is 4. The van der Waals surface area contributed by atoms with Crippen LogP contribution in [0.2, 0.25) is 0 Å². The first-order chi connectivity index (χ1) is 10.6. The number of aromatic nitrogens is 1. The van der Waals surface area contributed by atoms with Crippen LogP contribution in [-0.4, -0.2) is 53.4 Å². The highest BCUT2D eigenvalue weighted by molar-refractivity contribution is 7.90. The summed E-state index contributed by atoms with van der Waals surface area (Å²) in [5.74, 6) is 0.0773. The molecule has 3 aliphatic rings. The Morgan fingerprint density at radius 2 is 1.86 bits per heavy atom. The number of pyridine rings is 1. The molecule has 6 nitrogen and oxygen atoms in total. The minimum Gasteiger partial charge on any atom is -0.338 e. The van der Waals surface area contributed by atoms with Crippen molar-refractivity contribution in [1.82, 2.24) is 14.2 Å². The summed E-state index contributed by atoms with van der Waals surface area (Å²) in [7, 11) is -3.15. The highest BCUT2D eigenvalue weighted by Crippen LogP contribution is 2.38. The van der Waals surface area contributed by atoms with Crippen molar-refractivity contribution < 1.29 is 13.2 Å². The van der Waals surface area contributed by atoms with Crippen LogP contribution in [0.15, 0.2) is 24.5 Å². The van der Waals surface area contributed by atoms with E-state index >= 15 is 0 Å². The molecule has 0 bridgehead atoms. The maximum atomic E-state index is 12.5. The molecule has 118 valence electrons. The Kier molecular flexibility index (Phi) is 3.23. The number of carbonyl (C=O) groups is 1. The summed E-state index contributed by atoms with van der Waals surface area (Å²) < 4.78 is 26.2. The van der Waals surface area contributed by atoms with Gasteiger partial charge in [-0.25, -0.2) is 12.7 Å². The number of sulfonamides is 1. The lowest BCUT2D eigenvalue weighted by molar-refractivity contribution is -0.131. The molecule has 0 N–H and O–H groups in total. The van der Waals surface area contributed by atoms with Gasteiger partial charge in [0.05, 0.1) is 11.2 Å². The Morgan fingerprint density at radius 1 is 1.14 bits per heavy atom. The summed E-state index contributed by atoms with van der Waals surface area (Å²) in [6, 6.07) is 3.82. The standard InChI is InChI=1S/C15H19N3O3S/c19-15-14-10-18(22(20,21)13-1-2-13)9-12(14)8-17(15)7-11-3-5-16-6-4-11/h3-6,12-14H,1-2,7-10H2/t12-,14+/m0/s1. The minimum atomic E-state index is -3.15. The molecule has 2 atom stereocenters. The molecule has 3 heterocycles. The largest absolute Gasteiger partial charge is 0.338 e. The van der Waals surface area contributed by atoms with Crippen LogP contribution in [0.3, 0.4) is 0 Å². The van der Waals surface area contributed by atoms with Gasteiger partial charge in [-0.05, 0) is 30.5 Å². The predicted molar refractivity (Wildman–Crippen MR) is 80.1 cm³/mol. The molecular formula is C15H19N3O3S. The van der Waals surface area contributed by atoms with Crippen LogP contribution in [0.1, 0.15) is 18.4 Å². The monoisotopic (exact) mass is 321 g/mol. The molecule has 1 aromatic rings. The zero-order chi connectivity index (χ0) is 15.3. The number of nitrogens with zero attached hydrogens (tertiary/aromatic N) is 3. The second kappa shape index (κ2) is 5.03. The van der Waals surface area contributed by atoms with Gasteiger partial charge in [-0.15, -0.1) is 0 Å². The van der Waals surface area contributed by atoms with Gasteiger partial charge in [0.1, 0.15) is 0 Å². The second-order valence-electron chi connectivity index (χ2n) is 6.50.